The number of ether oxygens (including phenoxy) is 2. The van der Waals surface area contributed by atoms with Crippen LogP contribution in [0.5, 0.6) is 11.5 Å². The van der Waals surface area contributed by atoms with Gasteiger partial charge in [0.25, 0.3) is 11.1 Å². The average Bonchev–Trinajstić information content (AvgIpc) is 3.24. The van der Waals surface area contributed by atoms with Crippen molar-refractivity contribution in [1.29, 1.82) is 0 Å². The fourth-order valence-corrected chi connectivity index (χ4v) is 3.75. The van der Waals surface area contributed by atoms with Crippen LogP contribution >= 0.6 is 27.7 Å². The third-order valence-electron chi connectivity index (χ3n) is 3.81. The molecule has 0 radical (unpaired) electrons. The molecule has 2 heterocycles. The van der Waals surface area contributed by atoms with Gasteiger partial charge in [0.1, 0.15) is 5.76 Å². The number of thioether (sulfide) groups is 1. The molecule has 1 saturated heterocycles. The maximum Gasteiger partial charge on any atom is 0.373 e. The highest BCUT2D eigenvalue weighted by Crippen LogP contribution is 2.39. The summed E-state index contributed by atoms with van der Waals surface area (Å²) < 4.78 is 15.6. The van der Waals surface area contributed by atoms with Crippen LogP contribution in [0.4, 0.5) is 4.79 Å². The van der Waals surface area contributed by atoms with Crippen LogP contribution in [0.3, 0.4) is 0 Å². The van der Waals surface area contributed by atoms with E-state index in [0.717, 1.165) is 16.7 Å². The standard InChI is InChI=1S/C18H14BrNO7S/c1-25-13-7-10(19)5-9(15(13)21)6-14-16(22)20(18(24)28-14)8-11-3-4-12(27-11)17(23)26-2/h3-7,21H,8H2,1-2H3. The van der Waals surface area contributed by atoms with E-state index in [2.05, 4.69) is 20.7 Å². The molecule has 1 N–H and O–H groups in total. The van der Waals surface area contributed by atoms with E-state index in [0.29, 0.717) is 10.0 Å². The number of amides is 2. The van der Waals surface area contributed by atoms with Crippen LogP contribution in [0.15, 0.2) is 38.1 Å². The fourth-order valence-electron chi connectivity index (χ4n) is 2.47. The van der Waals surface area contributed by atoms with E-state index >= 15 is 0 Å². The topological polar surface area (TPSA) is 106 Å². The second-order valence-corrected chi connectivity index (χ2v) is 7.48. The van der Waals surface area contributed by atoms with Gasteiger partial charge in [-0.15, -0.1) is 0 Å². The first-order chi connectivity index (χ1) is 13.3. The Kier molecular flexibility index (Phi) is 5.80. The number of benzene rings is 1. The van der Waals surface area contributed by atoms with Crippen molar-refractivity contribution in [2.75, 3.05) is 14.2 Å². The van der Waals surface area contributed by atoms with Crippen molar-refractivity contribution in [2.24, 2.45) is 0 Å². The van der Waals surface area contributed by atoms with Crippen molar-refractivity contribution in [2.45, 2.75) is 6.54 Å². The first kappa shape index (κ1) is 20.0. The Bertz CT molecular complexity index is 998. The van der Waals surface area contributed by atoms with Gasteiger partial charge in [-0.05, 0) is 42.1 Å². The molecule has 0 aliphatic carbocycles. The summed E-state index contributed by atoms with van der Waals surface area (Å²) in [7, 11) is 2.63. The maximum absolute atomic E-state index is 12.6. The zero-order valence-electron chi connectivity index (χ0n) is 14.7. The molecule has 1 aliphatic rings. The Morgan fingerprint density at radius 2 is 2.07 bits per heavy atom. The summed E-state index contributed by atoms with van der Waals surface area (Å²) in [5, 5.41) is 9.74. The summed E-state index contributed by atoms with van der Waals surface area (Å²) in [4.78, 5) is 37.5. The summed E-state index contributed by atoms with van der Waals surface area (Å²) in [6, 6.07) is 6.07. The zero-order chi connectivity index (χ0) is 20.4. The van der Waals surface area contributed by atoms with Gasteiger partial charge in [-0.2, -0.15) is 0 Å². The Labute approximate surface area is 172 Å². The first-order valence-corrected chi connectivity index (χ1v) is 9.44. The monoisotopic (exact) mass is 467 g/mol. The van der Waals surface area contributed by atoms with Crippen LogP contribution in [-0.2, 0) is 16.1 Å². The minimum Gasteiger partial charge on any atom is -0.504 e. The number of methoxy groups -OCH3 is 2. The summed E-state index contributed by atoms with van der Waals surface area (Å²) in [6.07, 6.45) is 1.41. The molecule has 8 nitrogen and oxygen atoms in total. The van der Waals surface area contributed by atoms with Crippen LogP contribution in [0.2, 0.25) is 0 Å². The third-order valence-corrected chi connectivity index (χ3v) is 5.18. The van der Waals surface area contributed by atoms with Gasteiger partial charge in [-0.25, -0.2) is 4.79 Å². The first-order valence-electron chi connectivity index (χ1n) is 7.83. The van der Waals surface area contributed by atoms with E-state index in [1.807, 2.05) is 0 Å². The number of aromatic hydroxyl groups is 1. The number of carbonyl (C=O) groups is 3. The van der Waals surface area contributed by atoms with Crippen LogP contribution < -0.4 is 4.74 Å². The number of furan rings is 1. The van der Waals surface area contributed by atoms with Crippen LogP contribution in [-0.4, -0.2) is 41.3 Å². The van der Waals surface area contributed by atoms with Crippen molar-refractivity contribution < 1.29 is 33.4 Å². The van der Waals surface area contributed by atoms with Gasteiger partial charge in [-0.1, -0.05) is 15.9 Å². The van der Waals surface area contributed by atoms with E-state index < -0.39 is 17.1 Å². The van der Waals surface area contributed by atoms with E-state index in [1.165, 1.54) is 32.4 Å². The second kappa shape index (κ2) is 8.11. The van der Waals surface area contributed by atoms with Crippen LogP contribution in [0, 0.1) is 0 Å². The Morgan fingerprint density at radius 1 is 1.32 bits per heavy atom. The number of hydrogen-bond donors (Lipinski definition) is 1. The largest absolute Gasteiger partial charge is 0.504 e. The molecule has 0 unspecified atom stereocenters. The molecule has 1 aliphatic heterocycles. The molecule has 3 rings (SSSR count). The van der Waals surface area contributed by atoms with E-state index in [-0.39, 0.29) is 34.5 Å². The molecule has 1 fully saturated rings. The number of rotatable bonds is 5. The average molecular weight is 468 g/mol. The van der Waals surface area contributed by atoms with Crippen molar-refractivity contribution in [3.05, 3.63) is 50.7 Å². The predicted molar refractivity (Wildman–Crippen MR) is 104 cm³/mol. The van der Waals surface area contributed by atoms with Gasteiger partial charge in [0.15, 0.2) is 11.5 Å². The molecule has 0 atom stereocenters. The quantitative estimate of drug-likeness (QED) is 0.522. The van der Waals surface area contributed by atoms with Crippen molar-refractivity contribution in [3.8, 4) is 11.5 Å². The molecule has 1 aromatic carbocycles. The molecular weight excluding hydrogens is 454 g/mol. The molecule has 146 valence electrons. The number of carbonyl (C=O) groups excluding carboxylic acids is 3. The highest BCUT2D eigenvalue weighted by atomic mass is 79.9. The number of esters is 1. The SMILES string of the molecule is COC(=O)c1ccc(CN2C(=O)SC(=Cc3cc(Br)cc(OC)c3O)C2=O)o1. The smallest absolute Gasteiger partial charge is 0.373 e. The number of hydrogen-bond acceptors (Lipinski definition) is 8. The van der Waals surface area contributed by atoms with Crippen molar-refractivity contribution in [1.82, 2.24) is 4.90 Å². The normalized spacial score (nSPS) is 15.4. The van der Waals surface area contributed by atoms with E-state index in [9.17, 15) is 19.5 Å². The third kappa shape index (κ3) is 3.92. The molecule has 28 heavy (non-hydrogen) atoms. The van der Waals surface area contributed by atoms with Crippen molar-refractivity contribution >= 4 is 50.9 Å². The Hall–Kier alpha value is -2.72. The number of imide groups is 1. The number of halogens is 1. The molecule has 10 heteroatoms. The molecule has 0 bridgehead atoms. The summed E-state index contributed by atoms with van der Waals surface area (Å²) in [6.45, 7) is -0.132. The van der Waals surface area contributed by atoms with Crippen LogP contribution in [0.25, 0.3) is 6.08 Å². The highest BCUT2D eigenvalue weighted by molar-refractivity contribution is 9.10. The van der Waals surface area contributed by atoms with Gasteiger partial charge in [0.05, 0.1) is 25.7 Å². The van der Waals surface area contributed by atoms with Crippen molar-refractivity contribution in [3.63, 3.8) is 0 Å². The molecular formula is C18H14BrNO7S. The second-order valence-electron chi connectivity index (χ2n) is 5.57. The Morgan fingerprint density at radius 3 is 2.75 bits per heavy atom. The lowest BCUT2D eigenvalue weighted by Crippen LogP contribution is -2.27. The lowest BCUT2D eigenvalue weighted by molar-refractivity contribution is -0.123. The molecule has 2 aromatic rings. The lowest BCUT2D eigenvalue weighted by Gasteiger charge is -2.10. The molecule has 0 saturated carbocycles. The number of phenols is 1. The van der Waals surface area contributed by atoms with E-state index in [4.69, 9.17) is 9.15 Å². The maximum atomic E-state index is 12.6. The van der Waals surface area contributed by atoms with Crippen LogP contribution in [0.1, 0.15) is 21.9 Å². The van der Waals surface area contributed by atoms with Gasteiger partial charge >= 0.3 is 5.97 Å². The fraction of sp³-hybridized carbons (Fsp3) is 0.167. The lowest BCUT2D eigenvalue weighted by atomic mass is 10.1. The minimum atomic E-state index is -0.653. The van der Waals surface area contributed by atoms with E-state index in [1.54, 1.807) is 12.1 Å². The van der Waals surface area contributed by atoms with Gasteiger partial charge in [0.2, 0.25) is 5.76 Å². The minimum absolute atomic E-state index is 0.0221. The summed E-state index contributed by atoms with van der Waals surface area (Å²) >= 11 is 4.04. The molecule has 2 amide bonds. The number of nitrogens with zero attached hydrogens (tertiary/aromatic N) is 1. The zero-order valence-corrected chi connectivity index (χ0v) is 17.1. The predicted octanol–water partition coefficient (Wildman–Crippen LogP) is 3.78. The van der Waals surface area contributed by atoms with Gasteiger partial charge < -0.3 is 19.0 Å². The van der Waals surface area contributed by atoms with Gasteiger partial charge in [-0.3, -0.25) is 14.5 Å². The molecule has 1 aromatic heterocycles. The highest BCUT2D eigenvalue weighted by Gasteiger charge is 2.36. The summed E-state index contributed by atoms with van der Waals surface area (Å²) in [5.41, 5.74) is 0.322. The number of phenolic OH excluding ortho intramolecular Hbond substituents is 1. The summed E-state index contributed by atoms with van der Waals surface area (Å²) in [5.74, 6) is -0.872. The molecule has 0 spiro atoms. The van der Waals surface area contributed by atoms with Gasteiger partial charge in [0, 0.05) is 10.0 Å². The Balaban J connectivity index is 1.84.